The lowest BCUT2D eigenvalue weighted by atomic mass is 10.0. The van der Waals surface area contributed by atoms with Gasteiger partial charge in [-0.3, -0.25) is 0 Å². The zero-order valence-electron chi connectivity index (χ0n) is 12.2. The smallest absolute Gasteiger partial charge is 0.0430 e. The molecule has 1 aromatic heterocycles. The van der Waals surface area contributed by atoms with E-state index in [1.54, 1.807) is 0 Å². The minimum atomic E-state index is 1.07. The highest BCUT2D eigenvalue weighted by atomic mass is 79.9. The molecule has 0 nitrogen and oxygen atoms in total. The zero-order valence-corrected chi connectivity index (χ0v) is 14.6. The van der Waals surface area contributed by atoms with Crippen LogP contribution < -0.4 is 0 Å². The van der Waals surface area contributed by atoms with Gasteiger partial charge in [-0.05, 0) is 53.6 Å². The molecule has 0 radical (unpaired) electrons. The van der Waals surface area contributed by atoms with Gasteiger partial charge in [0.05, 0.1) is 0 Å². The molecule has 0 fully saturated rings. The van der Waals surface area contributed by atoms with Gasteiger partial charge in [0.2, 0.25) is 0 Å². The molecule has 0 bridgehead atoms. The molecule has 0 amide bonds. The van der Waals surface area contributed by atoms with Crippen molar-refractivity contribution in [2.75, 3.05) is 0 Å². The molecule has 2 heteroatoms. The molecular formula is C19H17BrS. The third-order valence-electron chi connectivity index (χ3n) is 3.68. The predicted molar refractivity (Wildman–Crippen MR) is 99.0 cm³/mol. The summed E-state index contributed by atoms with van der Waals surface area (Å²) < 4.78 is 2.51. The number of benzene rings is 2. The monoisotopic (exact) mass is 356 g/mol. The fourth-order valence-electron chi connectivity index (χ4n) is 2.70. The molecule has 0 unspecified atom stereocenters. The average Bonchev–Trinajstić information content (AvgIpc) is 2.85. The summed E-state index contributed by atoms with van der Waals surface area (Å²) in [6.07, 6.45) is 5.43. The van der Waals surface area contributed by atoms with Gasteiger partial charge in [-0.15, -0.1) is 11.3 Å². The number of allylic oxidation sites excluding steroid dienone is 1. The normalized spacial score (nSPS) is 11.6. The summed E-state index contributed by atoms with van der Waals surface area (Å²) in [6.45, 7) is 4.32. The molecular weight excluding hydrogens is 340 g/mol. The highest BCUT2D eigenvalue weighted by Crippen LogP contribution is 2.39. The Morgan fingerprint density at radius 2 is 1.86 bits per heavy atom. The number of halogens is 1. The van der Waals surface area contributed by atoms with Crippen LogP contribution in [0.25, 0.3) is 27.3 Å². The molecule has 0 N–H and O–H groups in total. The first-order valence-electron chi connectivity index (χ1n) is 7.17. The third kappa shape index (κ3) is 2.70. The second-order valence-corrected chi connectivity index (χ2v) is 6.96. The number of rotatable bonds is 3. The number of hydrogen-bond acceptors (Lipinski definition) is 1. The van der Waals surface area contributed by atoms with Crippen LogP contribution in [-0.2, 0) is 6.42 Å². The van der Waals surface area contributed by atoms with Crippen molar-refractivity contribution in [3.8, 4) is 11.1 Å². The summed E-state index contributed by atoms with van der Waals surface area (Å²) in [5.41, 5.74) is 4.07. The van der Waals surface area contributed by atoms with E-state index in [4.69, 9.17) is 0 Å². The van der Waals surface area contributed by atoms with E-state index in [-0.39, 0.29) is 0 Å². The first kappa shape index (κ1) is 14.6. The van der Waals surface area contributed by atoms with Gasteiger partial charge >= 0.3 is 0 Å². The second kappa shape index (κ2) is 6.17. The summed E-state index contributed by atoms with van der Waals surface area (Å²) in [5.74, 6) is 0. The number of fused-ring (bicyclic) bond motifs is 1. The molecule has 0 aliphatic carbocycles. The van der Waals surface area contributed by atoms with E-state index < -0.39 is 0 Å². The van der Waals surface area contributed by atoms with Gasteiger partial charge in [-0.25, -0.2) is 0 Å². The second-order valence-electron chi connectivity index (χ2n) is 4.99. The minimum absolute atomic E-state index is 1.07. The maximum atomic E-state index is 3.51. The van der Waals surface area contributed by atoms with Crippen molar-refractivity contribution in [3.05, 3.63) is 63.5 Å². The lowest BCUT2D eigenvalue weighted by molar-refractivity contribution is 1.17. The fraction of sp³-hybridized carbons (Fsp3) is 0.158. The van der Waals surface area contributed by atoms with E-state index in [0.29, 0.717) is 0 Å². The summed E-state index contributed by atoms with van der Waals surface area (Å²) in [6, 6.07) is 15.2. The molecule has 0 atom stereocenters. The molecule has 3 aromatic rings. The number of thiophene rings is 1. The highest BCUT2D eigenvalue weighted by Gasteiger charge is 2.12. The van der Waals surface area contributed by atoms with Crippen molar-refractivity contribution in [2.24, 2.45) is 0 Å². The van der Waals surface area contributed by atoms with Crippen molar-refractivity contribution < 1.29 is 0 Å². The van der Waals surface area contributed by atoms with Crippen LogP contribution in [0.2, 0.25) is 0 Å². The molecule has 0 spiro atoms. The molecule has 2 aromatic carbocycles. The van der Waals surface area contributed by atoms with Crippen molar-refractivity contribution in [2.45, 2.75) is 20.3 Å². The van der Waals surface area contributed by atoms with Crippen molar-refractivity contribution in [1.82, 2.24) is 0 Å². The van der Waals surface area contributed by atoms with Gasteiger partial charge in [0.25, 0.3) is 0 Å². The Kier molecular flexibility index (Phi) is 4.27. The van der Waals surface area contributed by atoms with E-state index in [1.165, 1.54) is 31.7 Å². The van der Waals surface area contributed by atoms with Crippen LogP contribution >= 0.6 is 27.3 Å². The van der Waals surface area contributed by atoms with E-state index in [0.717, 1.165) is 10.9 Å². The number of aryl methyl sites for hydroxylation is 1. The van der Waals surface area contributed by atoms with Gasteiger partial charge in [0, 0.05) is 14.0 Å². The minimum Gasteiger partial charge on any atom is -0.135 e. The highest BCUT2D eigenvalue weighted by molar-refractivity contribution is 9.10. The lowest BCUT2D eigenvalue weighted by Crippen LogP contribution is -1.81. The Morgan fingerprint density at radius 1 is 1.10 bits per heavy atom. The van der Waals surface area contributed by atoms with E-state index in [1.807, 2.05) is 11.3 Å². The quantitative estimate of drug-likeness (QED) is 0.477. The first-order valence-corrected chi connectivity index (χ1v) is 8.78. The predicted octanol–water partition coefficient (Wildman–Crippen LogP) is 6.93. The van der Waals surface area contributed by atoms with Crippen LogP contribution in [0.1, 0.15) is 24.3 Å². The molecule has 0 saturated carbocycles. The third-order valence-corrected chi connectivity index (χ3v) is 5.45. The van der Waals surface area contributed by atoms with Crippen LogP contribution in [0.3, 0.4) is 0 Å². The average molecular weight is 357 g/mol. The molecule has 1 heterocycles. The van der Waals surface area contributed by atoms with Gasteiger partial charge in [0.1, 0.15) is 0 Å². The van der Waals surface area contributed by atoms with E-state index >= 15 is 0 Å². The van der Waals surface area contributed by atoms with E-state index in [9.17, 15) is 0 Å². The summed E-state index contributed by atoms with van der Waals surface area (Å²) in [7, 11) is 0. The Balaban J connectivity index is 2.27. The van der Waals surface area contributed by atoms with Gasteiger partial charge in [-0.1, -0.05) is 59.3 Å². The van der Waals surface area contributed by atoms with Crippen LogP contribution in [0.5, 0.6) is 0 Å². The van der Waals surface area contributed by atoms with Gasteiger partial charge in [-0.2, -0.15) is 0 Å². The van der Waals surface area contributed by atoms with Crippen LogP contribution in [0.15, 0.2) is 53.0 Å². The van der Waals surface area contributed by atoms with Crippen molar-refractivity contribution in [3.63, 3.8) is 0 Å². The Morgan fingerprint density at radius 3 is 2.52 bits per heavy atom. The van der Waals surface area contributed by atoms with Gasteiger partial charge in [0.15, 0.2) is 0 Å². The van der Waals surface area contributed by atoms with Crippen LogP contribution in [0, 0.1) is 0 Å². The summed E-state index contributed by atoms with van der Waals surface area (Å²) >= 11 is 5.41. The molecule has 0 aliphatic rings. The lowest BCUT2D eigenvalue weighted by Gasteiger charge is -2.04. The SMILES string of the molecule is C/C=C\c1sc2c(-c3ccc(Br)cc3)cccc2c1CC. The van der Waals surface area contributed by atoms with Gasteiger partial charge < -0.3 is 0 Å². The standard InChI is InChI=1S/C19H17BrS/c1-3-6-18-15(4-2)17-8-5-7-16(19(17)21-18)13-9-11-14(20)12-10-13/h3,5-12H,4H2,1-2H3/b6-3-. The Bertz CT molecular complexity index is 794. The van der Waals surface area contributed by atoms with E-state index in [2.05, 4.69) is 84.4 Å². The first-order chi connectivity index (χ1) is 10.2. The maximum absolute atomic E-state index is 3.51. The largest absolute Gasteiger partial charge is 0.135 e. The van der Waals surface area contributed by atoms with Crippen molar-refractivity contribution in [1.29, 1.82) is 0 Å². The molecule has 0 saturated heterocycles. The summed E-state index contributed by atoms with van der Waals surface area (Å²) in [5, 5.41) is 1.40. The fourth-order valence-corrected chi connectivity index (χ4v) is 4.36. The molecule has 21 heavy (non-hydrogen) atoms. The maximum Gasteiger partial charge on any atom is 0.0430 e. The van der Waals surface area contributed by atoms with Crippen molar-refractivity contribution >= 4 is 43.4 Å². The molecule has 106 valence electrons. The van der Waals surface area contributed by atoms with Crippen LogP contribution in [-0.4, -0.2) is 0 Å². The number of hydrogen-bond donors (Lipinski definition) is 0. The topological polar surface area (TPSA) is 0 Å². The Labute approximate surface area is 138 Å². The molecule has 3 rings (SSSR count). The zero-order chi connectivity index (χ0) is 14.8. The Hall–Kier alpha value is -1.38. The van der Waals surface area contributed by atoms with Crippen LogP contribution in [0.4, 0.5) is 0 Å². The molecule has 0 aliphatic heterocycles. The summed E-state index contributed by atoms with van der Waals surface area (Å²) in [4.78, 5) is 1.39.